The molecule has 0 aromatic carbocycles. The van der Waals surface area contributed by atoms with E-state index in [2.05, 4.69) is 168 Å². The maximum atomic E-state index is 12.6. The molecule has 0 saturated carbocycles. The van der Waals surface area contributed by atoms with E-state index in [1.165, 1.54) is 97.6 Å². The zero-order chi connectivity index (χ0) is 50.3. The van der Waals surface area contributed by atoms with Crippen molar-refractivity contribution in [3.8, 4) is 0 Å². The van der Waals surface area contributed by atoms with Crippen LogP contribution in [0.5, 0.6) is 0 Å². The predicted octanol–water partition coefficient (Wildman–Crippen LogP) is 14.9. The number of hydrogen-bond acceptors (Lipinski definition) is 7. The van der Waals surface area contributed by atoms with E-state index >= 15 is 0 Å². The van der Waals surface area contributed by atoms with Crippen molar-refractivity contribution in [2.75, 3.05) is 6.61 Å². The Balaban J connectivity index is 1.44. The van der Waals surface area contributed by atoms with Crippen LogP contribution in [0, 0.1) is 16.7 Å². The highest BCUT2D eigenvalue weighted by molar-refractivity contribution is 5.69. The van der Waals surface area contributed by atoms with Crippen LogP contribution in [0.25, 0.3) is 0 Å². The summed E-state index contributed by atoms with van der Waals surface area (Å²) in [7, 11) is 0. The maximum absolute atomic E-state index is 12.6. The molecule has 3 aliphatic rings. The highest BCUT2D eigenvalue weighted by atomic mass is 16.7. The molecule has 3 rings (SSSR count). The molecule has 1 fully saturated rings. The molecule has 1 heterocycles. The number of carbonyl (C=O) groups excluding carboxylic acids is 1. The van der Waals surface area contributed by atoms with Gasteiger partial charge in [0.05, 0.1) is 6.10 Å². The van der Waals surface area contributed by atoms with Gasteiger partial charge in [0.2, 0.25) is 0 Å². The fourth-order valence-electron chi connectivity index (χ4n) is 9.69. The standard InChI is InChI=1S/C61H94O7/c1-44(2)27-20-18-16-14-13-15-17-19-21-35-55(62)66-43-54-56(63)57(64)58(65)59(68-54)67-51-41-50(8)53(61(11,12)42-51)39-37-48(6)33-25-31-46(4)29-23-22-28-45(3)30-24-32-47(5)36-38-52-49(7)34-26-40-60(52,9)10/h22-25,28-33,36-39,44,51,54,56-59,63-65H,13-21,26-27,34-35,40-43H2,1-12H3/b23-22+,30-24+,31-25+,38-36+,39-37+,45-28+,46-29+,47-32+,48-33+/t51-,54+,56+,57-,58+,59+/m1/s1. The first kappa shape index (κ1) is 58.7. The van der Waals surface area contributed by atoms with Crippen LogP contribution in [0.3, 0.4) is 0 Å². The van der Waals surface area contributed by atoms with Crippen LogP contribution < -0.4 is 0 Å². The Morgan fingerprint density at radius 1 is 0.662 bits per heavy atom. The lowest BCUT2D eigenvalue weighted by atomic mass is 9.71. The number of hydrogen-bond donors (Lipinski definition) is 3. The highest BCUT2D eigenvalue weighted by Gasteiger charge is 2.46. The quantitative estimate of drug-likeness (QED) is 0.0451. The third kappa shape index (κ3) is 21.6. The van der Waals surface area contributed by atoms with Crippen molar-refractivity contribution < 1.29 is 34.3 Å². The Hall–Kier alpha value is -3.59. The van der Waals surface area contributed by atoms with Gasteiger partial charge in [0.15, 0.2) is 6.29 Å². The largest absolute Gasteiger partial charge is 0.463 e. The summed E-state index contributed by atoms with van der Waals surface area (Å²) in [6.45, 7) is 26.3. The van der Waals surface area contributed by atoms with Crippen molar-refractivity contribution in [3.05, 3.63) is 130 Å². The second kappa shape index (κ2) is 30.2. The van der Waals surface area contributed by atoms with Gasteiger partial charge in [0.1, 0.15) is 31.0 Å². The van der Waals surface area contributed by atoms with Crippen LogP contribution in [0.2, 0.25) is 0 Å². The topological polar surface area (TPSA) is 105 Å². The Labute approximate surface area is 414 Å². The molecule has 0 bridgehead atoms. The molecule has 0 radical (unpaired) electrons. The van der Waals surface area contributed by atoms with E-state index < -0.39 is 30.7 Å². The van der Waals surface area contributed by atoms with Crippen molar-refractivity contribution in [1.29, 1.82) is 0 Å². The lowest BCUT2D eigenvalue weighted by Gasteiger charge is -2.43. The first-order chi connectivity index (χ1) is 32.2. The van der Waals surface area contributed by atoms with Gasteiger partial charge in [0.25, 0.3) is 0 Å². The number of ether oxygens (including phenoxy) is 3. The Bertz CT molecular complexity index is 1920. The molecule has 0 aromatic heterocycles. The minimum atomic E-state index is -1.49. The molecule has 1 saturated heterocycles. The number of aliphatic hydroxyl groups excluding tert-OH is 3. The van der Waals surface area contributed by atoms with Gasteiger partial charge >= 0.3 is 5.97 Å². The van der Waals surface area contributed by atoms with Crippen LogP contribution in [0.1, 0.15) is 186 Å². The average Bonchev–Trinajstić information content (AvgIpc) is 3.25. The number of esters is 1. The lowest BCUT2D eigenvalue weighted by Crippen LogP contribution is -2.60. The highest BCUT2D eigenvalue weighted by Crippen LogP contribution is 2.43. The third-order valence-electron chi connectivity index (χ3n) is 13.9. The summed E-state index contributed by atoms with van der Waals surface area (Å²) >= 11 is 0. The molecule has 0 spiro atoms. The maximum Gasteiger partial charge on any atom is 0.305 e. The molecule has 380 valence electrons. The second-order valence-electron chi connectivity index (χ2n) is 21.9. The third-order valence-corrected chi connectivity index (χ3v) is 13.9. The van der Waals surface area contributed by atoms with Crippen LogP contribution in [0.15, 0.2) is 130 Å². The molecule has 1 aliphatic heterocycles. The monoisotopic (exact) mass is 939 g/mol. The summed E-state index contributed by atoms with van der Waals surface area (Å²) in [6, 6.07) is 0. The van der Waals surface area contributed by atoms with Crippen molar-refractivity contribution in [3.63, 3.8) is 0 Å². The predicted molar refractivity (Wildman–Crippen MR) is 285 cm³/mol. The van der Waals surface area contributed by atoms with Gasteiger partial charge in [-0.15, -0.1) is 0 Å². The van der Waals surface area contributed by atoms with Gasteiger partial charge in [-0.25, -0.2) is 0 Å². The molecule has 68 heavy (non-hydrogen) atoms. The van der Waals surface area contributed by atoms with E-state index in [9.17, 15) is 20.1 Å². The zero-order valence-corrected chi connectivity index (χ0v) is 44.6. The molecule has 3 N–H and O–H groups in total. The Morgan fingerprint density at radius 3 is 1.69 bits per heavy atom. The van der Waals surface area contributed by atoms with Crippen molar-refractivity contribution >= 4 is 5.97 Å². The van der Waals surface area contributed by atoms with Crippen molar-refractivity contribution in [1.82, 2.24) is 0 Å². The molecular weight excluding hydrogens is 845 g/mol. The minimum absolute atomic E-state index is 0.219. The fourth-order valence-corrected chi connectivity index (χ4v) is 9.69. The van der Waals surface area contributed by atoms with Crippen molar-refractivity contribution in [2.24, 2.45) is 16.7 Å². The van der Waals surface area contributed by atoms with Gasteiger partial charge in [0, 0.05) is 6.42 Å². The van der Waals surface area contributed by atoms with Gasteiger partial charge in [-0.2, -0.15) is 0 Å². The number of rotatable bonds is 26. The molecule has 0 unspecified atom stereocenters. The number of unbranched alkanes of at least 4 members (excludes halogenated alkanes) is 8. The molecule has 0 aromatic rings. The van der Waals surface area contributed by atoms with Gasteiger partial charge in [-0.05, 0) is 108 Å². The Kier molecular flexibility index (Phi) is 26.1. The first-order valence-corrected chi connectivity index (χ1v) is 26.2. The van der Waals surface area contributed by atoms with E-state index in [1.807, 2.05) is 0 Å². The normalized spacial score (nSPS) is 25.8. The zero-order valence-electron chi connectivity index (χ0n) is 44.6. The van der Waals surface area contributed by atoms with E-state index in [0.29, 0.717) is 19.3 Å². The summed E-state index contributed by atoms with van der Waals surface area (Å²) in [5.74, 6) is 0.436. The Morgan fingerprint density at radius 2 is 1.16 bits per heavy atom. The van der Waals surface area contributed by atoms with Crippen LogP contribution in [-0.2, 0) is 19.0 Å². The summed E-state index contributed by atoms with van der Waals surface area (Å²) < 4.78 is 17.8. The number of aliphatic hydroxyl groups is 3. The van der Waals surface area contributed by atoms with Crippen LogP contribution >= 0.6 is 0 Å². The van der Waals surface area contributed by atoms with Gasteiger partial charge in [-0.1, -0.05) is 218 Å². The molecular formula is C61H94O7. The second-order valence-corrected chi connectivity index (χ2v) is 21.9. The molecule has 0 amide bonds. The number of carbonyl (C=O) groups is 1. The average molecular weight is 939 g/mol. The summed E-state index contributed by atoms with van der Waals surface area (Å²) in [5, 5.41) is 32.3. The van der Waals surface area contributed by atoms with Crippen molar-refractivity contribution in [2.45, 2.75) is 223 Å². The summed E-state index contributed by atoms with van der Waals surface area (Å²) in [6.07, 6.45) is 40.4. The van der Waals surface area contributed by atoms with E-state index in [1.54, 1.807) is 0 Å². The minimum Gasteiger partial charge on any atom is -0.463 e. The summed E-state index contributed by atoms with van der Waals surface area (Å²) in [5.41, 5.74) is 10.2. The van der Waals surface area contributed by atoms with Gasteiger partial charge < -0.3 is 29.5 Å². The fraction of sp³-hybridized carbons (Fsp3) is 0.623. The van der Waals surface area contributed by atoms with Gasteiger partial charge in [-0.3, -0.25) is 4.79 Å². The summed E-state index contributed by atoms with van der Waals surface area (Å²) in [4.78, 5) is 12.6. The van der Waals surface area contributed by atoms with E-state index in [0.717, 1.165) is 36.3 Å². The number of allylic oxidation sites excluding steroid dienone is 21. The lowest BCUT2D eigenvalue weighted by molar-refractivity contribution is -0.313. The molecule has 7 nitrogen and oxygen atoms in total. The SMILES string of the molecule is CC1=C(/C=C/C(C)=C/C=C/C(C)=C/C=C/C=C(C)/C=C/C=C(C)/C=C/C2=C(C)C[C@@H](O[C@H]3O[C@@H](COC(=O)CCCCCCCCCCCC(C)C)[C@H](O)[C@@H](O)[C@@H]3O)CC2(C)C)C(C)(C)CCC1. The molecule has 6 atom stereocenters. The van der Waals surface area contributed by atoms with E-state index in [-0.39, 0.29) is 29.5 Å². The van der Waals surface area contributed by atoms with Crippen LogP contribution in [0.4, 0.5) is 0 Å². The smallest absolute Gasteiger partial charge is 0.305 e. The molecule has 2 aliphatic carbocycles. The van der Waals surface area contributed by atoms with Crippen LogP contribution in [-0.4, -0.2) is 64.7 Å². The molecule has 7 heteroatoms. The first-order valence-electron chi connectivity index (χ1n) is 26.2. The van der Waals surface area contributed by atoms with E-state index in [4.69, 9.17) is 14.2 Å².